The first-order valence-corrected chi connectivity index (χ1v) is 7.37. The molecule has 0 saturated carbocycles. The third-order valence-electron chi connectivity index (χ3n) is 3.90. The van der Waals surface area contributed by atoms with E-state index in [1.807, 2.05) is 30.4 Å². The van der Waals surface area contributed by atoms with Crippen molar-refractivity contribution in [3.63, 3.8) is 0 Å². The quantitative estimate of drug-likeness (QED) is 0.862. The standard InChI is InChI=1S/C16H20N4O2/c1-12-3-4-15(18-5-12)16(21)19-7-13(10-22-2)8-20-11-17-6-14(20)9-19/h3-6,11,13H,7-10H2,1-2H3. The molecule has 2 aromatic heterocycles. The second-order valence-corrected chi connectivity index (χ2v) is 5.77. The Labute approximate surface area is 129 Å². The maximum Gasteiger partial charge on any atom is 0.272 e. The molecule has 0 bridgehead atoms. The molecular weight excluding hydrogens is 280 g/mol. The molecule has 0 spiro atoms. The third-order valence-corrected chi connectivity index (χ3v) is 3.90. The van der Waals surface area contributed by atoms with Gasteiger partial charge in [0.1, 0.15) is 5.69 Å². The van der Waals surface area contributed by atoms with Gasteiger partial charge in [-0.2, -0.15) is 0 Å². The number of ether oxygens (including phenoxy) is 1. The highest BCUT2D eigenvalue weighted by Gasteiger charge is 2.26. The van der Waals surface area contributed by atoms with Crippen LogP contribution in [0.4, 0.5) is 0 Å². The minimum Gasteiger partial charge on any atom is -0.384 e. The molecule has 1 amide bonds. The van der Waals surface area contributed by atoms with E-state index in [1.165, 1.54) is 0 Å². The summed E-state index contributed by atoms with van der Waals surface area (Å²) in [5.74, 6) is 0.200. The van der Waals surface area contributed by atoms with Gasteiger partial charge in [-0.1, -0.05) is 6.07 Å². The molecule has 0 N–H and O–H groups in total. The van der Waals surface area contributed by atoms with E-state index in [-0.39, 0.29) is 11.8 Å². The number of aromatic nitrogens is 3. The Morgan fingerprint density at radius 3 is 2.95 bits per heavy atom. The molecule has 0 saturated heterocycles. The summed E-state index contributed by atoms with van der Waals surface area (Å²) >= 11 is 0. The van der Waals surface area contributed by atoms with Crippen LogP contribution in [0.25, 0.3) is 0 Å². The van der Waals surface area contributed by atoms with Crippen molar-refractivity contribution in [2.45, 2.75) is 20.0 Å². The van der Waals surface area contributed by atoms with Crippen LogP contribution in [0.15, 0.2) is 30.9 Å². The van der Waals surface area contributed by atoms with Gasteiger partial charge in [-0.05, 0) is 18.6 Å². The number of carbonyl (C=O) groups excluding carboxylic acids is 1. The second kappa shape index (κ2) is 6.27. The van der Waals surface area contributed by atoms with Crippen LogP contribution >= 0.6 is 0 Å². The zero-order valence-electron chi connectivity index (χ0n) is 12.9. The molecule has 0 radical (unpaired) electrons. The molecule has 3 heterocycles. The Kier molecular flexibility index (Phi) is 4.20. The van der Waals surface area contributed by atoms with E-state index in [0.717, 1.165) is 17.8 Å². The van der Waals surface area contributed by atoms with Gasteiger partial charge >= 0.3 is 0 Å². The van der Waals surface area contributed by atoms with Crippen LogP contribution in [0.2, 0.25) is 0 Å². The van der Waals surface area contributed by atoms with Gasteiger partial charge in [-0.15, -0.1) is 0 Å². The molecule has 0 fully saturated rings. The number of carbonyl (C=O) groups is 1. The fourth-order valence-corrected chi connectivity index (χ4v) is 2.80. The average molecular weight is 300 g/mol. The Balaban J connectivity index is 1.85. The number of methoxy groups -OCH3 is 1. The van der Waals surface area contributed by atoms with Gasteiger partial charge in [-0.25, -0.2) is 4.98 Å². The maximum absolute atomic E-state index is 12.7. The van der Waals surface area contributed by atoms with Gasteiger partial charge in [-0.3, -0.25) is 9.78 Å². The molecule has 22 heavy (non-hydrogen) atoms. The molecule has 0 aromatic carbocycles. The number of imidazole rings is 1. The number of pyridine rings is 1. The summed E-state index contributed by atoms with van der Waals surface area (Å²) in [6.07, 6.45) is 5.36. The first-order valence-electron chi connectivity index (χ1n) is 7.37. The molecule has 6 nitrogen and oxygen atoms in total. The molecule has 1 atom stereocenters. The summed E-state index contributed by atoms with van der Waals surface area (Å²) in [5, 5.41) is 0. The van der Waals surface area contributed by atoms with Crippen molar-refractivity contribution in [2.24, 2.45) is 5.92 Å². The first-order chi connectivity index (χ1) is 10.7. The van der Waals surface area contributed by atoms with Gasteiger partial charge in [0.05, 0.1) is 25.2 Å². The van der Waals surface area contributed by atoms with Gasteiger partial charge in [0, 0.05) is 38.5 Å². The molecular formula is C16H20N4O2. The molecule has 116 valence electrons. The van der Waals surface area contributed by atoms with Gasteiger partial charge in [0.2, 0.25) is 0 Å². The van der Waals surface area contributed by atoms with E-state index in [1.54, 1.807) is 19.4 Å². The maximum atomic E-state index is 12.7. The number of rotatable bonds is 3. The number of fused-ring (bicyclic) bond motifs is 1. The van der Waals surface area contributed by atoms with Crippen molar-refractivity contribution in [3.8, 4) is 0 Å². The Morgan fingerprint density at radius 1 is 1.36 bits per heavy atom. The van der Waals surface area contributed by atoms with Gasteiger partial charge in [0.15, 0.2) is 0 Å². The SMILES string of the molecule is COCC1CN(C(=O)c2ccc(C)cn2)Cc2cncn2C1. The monoisotopic (exact) mass is 300 g/mol. The van der Waals surface area contributed by atoms with Crippen LogP contribution in [-0.2, 0) is 17.8 Å². The average Bonchev–Trinajstić information content (AvgIpc) is 2.86. The summed E-state index contributed by atoms with van der Waals surface area (Å²) in [4.78, 5) is 23.0. The summed E-state index contributed by atoms with van der Waals surface area (Å²) in [6, 6.07) is 3.69. The predicted molar refractivity (Wildman–Crippen MR) is 81.3 cm³/mol. The van der Waals surface area contributed by atoms with E-state index in [2.05, 4.69) is 14.5 Å². The number of hydrogen-bond acceptors (Lipinski definition) is 4. The third kappa shape index (κ3) is 3.01. The fourth-order valence-electron chi connectivity index (χ4n) is 2.80. The number of aryl methyl sites for hydroxylation is 1. The number of amides is 1. The molecule has 1 aliphatic heterocycles. The Morgan fingerprint density at radius 2 is 2.23 bits per heavy atom. The first kappa shape index (κ1) is 14.7. The smallest absolute Gasteiger partial charge is 0.272 e. The van der Waals surface area contributed by atoms with E-state index in [4.69, 9.17) is 4.74 Å². The van der Waals surface area contributed by atoms with Crippen LogP contribution in [0.1, 0.15) is 21.7 Å². The summed E-state index contributed by atoms with van der Waals surface area (Å²) in [7, 11) is 1.69. The van der Waals surface area contributed by atoms with Crippen molar-refractivity contribution in [1.29, 1.82) is 0 Å². The number of hydrogen-bond donors (Lipinski definition) is 0. The van der Waals surface area contributed by atoms with Crippen molar-refractivity contribution < 1.29 is 9.53 Å². The van der Waals surface area contributed by atoms with Crippen LogP contribution in [-0.4, -0.2) is 45.6 Å². The fraction of sp³-hybridized carbons (Fsp3) is 0.438. The lowest BCUT2D eigenvalue weighted by molar-refractivity contribution is 0.0661. The molecule has 1 unspecified atom stereocenters. The molecule has 6 heteroatoms. The van der Waals surface area contributed by atoms with Crippen molar-refractivity contribution in [3.05, 3.63) is 47.8 Å². The lowest BCUT2D eigenvalue weighted by Gasteiger charge is -2.23. The van der Waals surface area contributed by atoms with Crippen LogP contribution < -0.4 is 0 Å². The molecule has 3 rings (SSSR count). The predicted octanol–water partition coefficient (Wildman–Crippen LogP) is 1.51. The topological polar surface area (TPSA) is 60.2 Å². The Hall–Kier alpha value is -2.21. The van der Waals surface area contributed by atoms with Crippen molar-refractivity contribution in [2.75, 3.05) is 20.3 Å². The molecule has 2 aromatic rings. The highest BCUT2D eigenvalue weighted by atomic mass is 16.5. The minimum atomic E-state index is -0.0456. The lowest BCUT2D eigenvalue weighted by atomic mass is 10.1. The number of nitrogens with zero attached hydrogens (tertiary/aromatic N) is 4. The van der Waals surface area contributed by atoms with E-state index in [0.29, 0.717) is 25.4 Å². The van der Waals surface area contributed by atoms with Crippen molar-refractivity contribution in [1.82, 2.24) is 19.4 Å². The Bertz CT molecular complexity index is 650. The van der Waals surface area contributed by atoms with E-state index in [9.17, 15) is 4.79 Å². The lowest BCUT2D eigenvalue weighted by Crippen LogP contribution is -2.35. The van der Waals surface area contributed by atoms with Crippen LogP contribution in [0.3, 0.4) is 0 Å². The molecule has 1 aliphatic rings. The summed E-state index contributed by atoms with van der Waals surface area (Å²) in [5.41, 5.74) is 2.57. The van der Waals surface area contributed by atoms with Gasteiger partial charge < -0.3 is 14.2 Å². The highest BCUT2D eigenvalue weighted by Crippen LogP contribution is 2.18. The summed E-state index contributed by atoms with van der Waals surface area (Å²) < 4.78 is 7.39. The highest BCUT2D eigenvalue weighted by molar-refractivity contribution is 5.92. The molecule has 0 aliphatic carbocycles. The largest absolute Gasteiger partial charge is 0.384 e. The normalized spacial score (nSPS) is 17.9. The van der Waals surface area contributed by atoms with E-state index >= 15 is 0 Å². The van der Waals surface area contributed by atoms with Gasteiger partial charge in [0.25, 0.3) is 5.91 Å². The zero-order chi connectivity index (χ0) is 15.5. The van der Waals surface area contributed by atoms with Crippen molar-refractivity contribution >= 4 is 5.91 Å². The summed E-state index contributed by atoms with van der Waals surface area (Å²) in [6.45, 7) is 4.59. The zero-order valence-corrected chi connectivity index (χ0v) is 12.9. The van der Waals surface area contributed by atoms with Crippen LogP contribution in [0, 0.1) is 12.8 Å². The van der Waals surface area contributed by atoms with Crippen LogP contribution in [0.5, 0.6) is 0 Å². The van der Waals surface area contributed by atoms with E-state index < -0.39 is 0 Å². The second-order valence-electron chi connectivity index (χ2n) is 5.77. The minimum absolute atomic E-state index is 0.0456.